The third-order valence-corrected chi connectivity index (χ3v) is 5.44. The van der Waals surface area contributed by atoms with Crippen LogP contribution in [0.3, 0.4) is 0 Å². The zero-order chi connectivity index (χ0) is 20.0. The number of alkyl halides is 3. The van der Waals surface area contributed by atoms with E-state index in [0.717, 1.165) is 12.1 Å². The van der Waals surface area contributed by atoms with Gasteiger partial charge in [0.05, 0.1) is 33.6 Å². The lowest BCUT2D eigenvalue weighted by molar-refractivity contribution is -0.137. The van der Waals surface area contributed by atoms with Crippen molar-refractivity contribution in [3.05, 3.63) is 47.2 Å². The summed E-state index contributed by atoms with van der Waals surface area (Å²) in [6.07, 6.45) is -1.96. The van der Waals surface area contributed by atoms with Crippen LogP contribution < -0.4 is 4.72 Å². The minimum atomic E-state index is -4.77. The molecule has 0 radical (unpaired) electrons. The van der Waals surface area contributed by atoms with Crippen LogP contribution in [-0.4, -0.2) is 23.2 Å². The Morgan fingerprint density at radius 3 is 2.52 bits per heavy atom. The molecule has 3 rings (SSSR count). The Balaban J connectivity index is 1.96. The van der Waals surface area contributed by atoms with Crippen LogP contribution in [0.4, 0.5) is 18.9 Å². The van der Waals surface area contributed by atoms with E-state index in [4.69, 9.17) is 11.6 Å². The number of benzene rings is 1. The van der Waals surface area contributed by atoms with Crippen LogP contribution in [0.15, 0.2) is 41.6 Å². The van der Waals surface area contributed by atoms with Crippen molar-refractivity contribution < 1.29 is 21.6 Å². The first-order valence-electron chi connectivity index (χ1n) is 7.72. The number of anilines is 1. The fourth-order valence-corrected chi connectivity index (χ4v) is 3.76. The highest BCUT2D eigenvalue weighted by Crippen LogP contribution is 2.36. The second-order valence-corrected chi connectivity index (χ2v) is 8.15. The highest BCUT2D eigenvalue weighted by molar-refractivity contribution is 7.92. The van der Waals surface area contributed by atoms with Gasteiger partial charge in [-0.2, -0.15) is 18.3 Å². The largest absolute Gasteiger partial charge is 0.417 e. The maximum atomic E-state index is 13.0. The summed E-state index contributed by atoms with van der Waals surface area (Å²) in [4.78, 5) is 3.63. The average Bonchev–Trinajstić information content (AvgIpc) is 2.96. The summed E-state index contributed by atoms with van der Waals surface area (Å²) in [6.45, 7) is 3.84. The Labute approximate surface area is 158 Å². The normalized spacial score (nSPS) is 12.7. The number of hydrogen-bond donors (Lipinski definition) is 1. The van der Waals surface area contributed by atoms with E-state index in [1.54, 1.807) is 4.68 Å². The van der Waals surface area contributed by atoms with Crippen LogP contribution >= 0.6 is 11.6 Å². The number of pyridine rings is 1. The fraction of sp³-hybridized carbons (Fsp3) is 0.250. The van der Waals surface area contributed by atoms with Crippen molar-refractivity contribution in [1.29, 1.82) is 0 Å². The van der Waals surface area contributed by atoms with Gasteiger partial charge in [-0.1, -0.05) is 11.6 Å². The Kier molecular flexibility index (Phi) is 4.81. The zero-order valence-corrected chi connectivity index (χ0v) is 15.7. The topological polar surface area (TPSA) is 76.9 Å². The smallest absolute Gasteiger partial charge is 0.278 e. The first-order valence-corrected chi connectivity index (χ1v) is 9.58. The Bertz CT molecular complexity index is 1110. The van der Waals surface area contributed by atoms with E-state index in [1.807, 2.05) is 13.8 Å². The number of nitrogens with one attached hydrogen (secondary N) is 1. The molecular weight excluding hydrogens is 405 g/mol. The van der Waals surface area contributed by atoms with Crippen molar-refractivity contribution in [1.82, 2.24) is 14.8 Å². The van der Waals surface area contributed by atoms with E-state index in [1.165, 1.54) is 18.5 Å². The van der Waals surface area contributed by atoms with Gasteiger partial charge in [0.15, 0.2) is 5.65 Å². The molecule has 0 aliphatic rings. The van der Waals surface area contributed by atoms with Crippen LogP contribution in [0.2, 0.25) is 5.02 Å². The summed E-state index contributed by atoms with van der Waals surface area (Å²) in [5, 5.41) is 4.19. The molecule has 0 bridgehead atoms. The molecule has 0 atom stereocenters. The minimum absolute atomic E-state index is 0.0624. The standard InChI is InChI=1S/C16H14ClF3N4O2S/c1-9(2)24-15-10(7-22-24)5-11(8-21-15)23-27(25,26)12-3-4-14(17)13(6-12)16(18,19)20/h3-9,23H,1-2H3. The van der Waals surface area contributed by atoms with Gasteiger partial charge in [0.1, 0.15) is 0 Å². The molecule has 0 unspecified atom stereocenters. The van der Waals surface area contributed by atoms with Crippen molar-refractivity contribution in [3.8, 4) is 0 Å². The Morgan fingerprint density at radius 2 is 1.89 bits per heavy atom. The molecular formula is C16H14ClF3N4O2S. The molecule has 0 aliphatic carbocycles. The molecule has 3 aromatic rings. The van der Waals surface area contributed by atoms with Gasteiger partial charge in [0, 0.05) is 11.4 Å². The fourth-order valence-electron chi connectivity index (χ4n) is 2.48. The number of fused-ring (bicyclic) bond motifs is 1. The number of aromatic nitrogens is 3. The summed E-state index contributed by atoms with van der Waals surface area (Å²) in [6, 6.07) is 3.96. The maximum Gasteiger partial charge on any atom is 0.417 e. The first-order chi connectivity index (χ1) is 12.5. The van der Waals surface area contributed by atoms with Gasteiger partial charge in [-0.15, -0.1) is 0 Å². The molecule has 0 spiro atoms. The lowest BCUT2D eigenvalue weighted by Gasteiger charge is -2.12. The molecule has 0 aliphatic heterocycles. The summed E-state index contributed by atoms with van der Waals surface area (Å²) < 4.78 is 67.7. The lowest BCUT2D eigenvalue weighted by Crippen LogP contribution is -2.15. The first kappa shape index (κ1) is 19.4. The number of halogens is 4. The summed E-state index contributed by atoms with van der Waals surface area (Å²) >= 11 is 5.53. The van der Waals surface area contributed by atoms with Crippen LogP contribution in [0.25, 0.3) is 11.0 Å². The van der Waals surface area contributed by atoms with E-state index in [0.29, 0.717) is 17.1 Å². The van der Waals surface area contributed by atoms with Gasteiger partial charge in [-0.3, -0.25) is 4.72 Å². The van der Waals surface area contributed by atoms with Crippen molar-refractivity contribution in [2.75, 3.05) is 4.72 Å². The quantitative estimate of drug-likeness (QED) is 0.677. The van der Waals surface area contributed by atoms with Gasteiger partial charge in [0.2, 0.25) is 0 Å². The maximum absolute atomic E-state index is 13.0. The number of hydrogen-bond acceptors (Lipinski definition) is 4. The van der Waals surface area contributed by atoms with E-state index in [2.05, 4.69) is 14.8 Å². The lowest BCUT2D eigenvalue weighted by atomic mass is 10.2. The van der Waals surface area contributed by atoms with E-state index in [9.17, 15) is 21.6 Å². The van der Waals surface area contributed by atoms with Crippen LogP contribution in [0.1, 0.15) is 25.5 Å². The van der Waals surface area contributed by atoms with Gasteiger partial charge in [-0.05, 0) is 38.1 Å². The van der Waals surface area contributed by atoms with Gasteiger partial charge >= 0.3 is 6.18 Å². The molecule has 2 heterocycles. The third kappa shape index (κ3) is 3.86. The SMILES string of the molecule is CC(C)n1ncc2cc(NS(=O)(=O)c3ccc(Cl)c(C(F)(F)F)c3)cnc21. The molecule has 11 heteroatoms. The van der Waals surface area contributed by atoms with Crippen molar-refractivity contribution in [2.45, 2.75) is 31.0 Å². The zero-order valence-electron chi connectivity index (χ0n) is 14.1. The van der Waals surface area contributed by atoms with Crippen LogP contribution in [-0.2, 0) is 16.2 Å². The van der Waals surface area contributed by atoms with Gasteiger partial charge < -0.3 is 0 Å². The second-order valence-electron chi connectivity index (χ2n) is 6.06. The van der Waals surface area contributed by atoms with Crippen molar-refractivity contribution >= 4 is 38.3 Å². The highest BCUT2D eigenvalue weighted by atomic mass is 35.5. The van der Waals surface area contributed by atoms with Crippen LogP contribution in [0.5, 0.6) is 0 Å². The van der Waals surface area contributed by atoms with Gasteiger partial charge in [-0.25, -0.2) is 18.1 Å². The van der Waals surface area contributed by atoms with E-state index < -0.39 is 31.7 Å². The Morgan fingerprint density at radius 1 is 1.19 bits per heavy atom. The number of sulfonamides is 1. The molecule has 0 saturated heterocycles. The second kappa shape index (κ2) is 6.68. The molecule has 1 N–H and O–H groups in total. The molecule has 0 amide bonds. The monoisotopic (exact) mass is 418 g/mol. The predicted octanol–water partition coefficient (Wildman–Crippen LogP) is 4.49. The molecule has 0 fully saturated rings. The summed E-state index contributed by atoms with van der Waals surface area (Å²) in [5.74, 6) is 0. The molecule has 2 aromatic heterocycles. The average molecular weight is 419 g/mol. The number of nitrogens with zero attached hydrogens (tertiary/aromatic N) is 3. The van der Waals surface area contributed by atoms with Crippen LogP contribution in [0, 0.1) is 0 Å². The number of rotatable bonds is 4. The Hall–Kier alpha value is -2.33. The van der Waals surface area contributed by atoms with Gasteiger partial charge in [0.25, 0.3) is 10.0 Å². The van der Waals surface area contributed by atoms with Crippen molar-refractivity contribution in [2.24, 2.45) is 0 Å². The minimum Gasteiger partial charge on any atom is -0.278 e. The van der Waals surface area contributed by atoms with E-state index >= 15 is 0 Å². The van der Waals surface area contributed by atoms with E-state index in [-0.39, 0.29) is 11.7 Å². The summed E-state index contributed by atoms with van der Waals surface area (Å²) in [5.41, 5.74) is -0.549. The summed E-state index contributed by atoms with van der Waals surface area (Å²) in [7, 11) is -4.27. The highest BCUT2D eigenvalue weighted by Gasteiger charge is 2.34. The molecule has 0 saturated carbocycles. The third-order valence-electron chi connectivity index (χ3n) is 3.73. The predicted molar refractivity (Wildman–Crippen MR) is 95.2 cm³/mol. The van der Waals surface area contributed by atoms with Crippen molar-refractivity contribution in [3.63, 3.8) is 0 Å². The molecule has 6 nitrogen and oxygen atoms in total. The molecule has 27 heavy (non-hydrogen) atoms. The molecule has 144 valence electrons. The molecule has 1 aromatic carbocycles.